The van der Waals surface area contributed by atoms with Gasteiger partial charge in [-0.3, -0.25) is 10.1 Å². The average molecular weight is 371 g/mol. The first-order valence-electron chi connectivity index (χ1n) is 8.28. The third-order valence-corrected chi connectivity index (χ3v) is 4.98. The fraction of sp³-hybridized carbons (Fsp3) is 0.200. The maximum Gasteiger partial charge on any atom is 0.250 e. The number of hydrogen-bond acceptors (Lipinski definition) is 3. The molecular weight excluding hydrogens is 352 g/mol. The van der Waals surface area contributed by atoms with Crippen LogP contribution in [0.25, 0.3) is 16.3 Å². The van der Waals surface area contributed by atoms with Crippen LogP contribution >= 0.6 is 22.9 Å². The van der Waals surface area contributed by atoms with Gasteiger partial charge in [0, 0.05) is 11.1 Å². The minimum atomic E-state index is -0.194. The van der Waals surface area contributed by atoms with E-state index in [1.807, 2.05) is 18.2 Å². The van der Waals surface area contributed by atoms with E-state index in [1.165, 1.54) is 35.8 Å². The van der Waals surface area contributed by atoms with Gasteiger partial charge in [0.2, 0.25) is 5.91 Å². The van der Waals surface area contributed by atoms with Crippen LogP contribution in [0.5, 0.6) is 0 Å². The Morgan fingerprint density at radius 3 is 2.80 bits per heavy atom. The second kappa shape index (κ2) is 8.28. The molecule has 1 heterocycles. The van der Waals surface area contributed by atoms with Crippen LogP contribution in [0.1, 0.15) is 30.9 Å². The first-order chi connectivity index (χ1) is 12.1. The van der Waals surface area contributed by atoms with E-state index in [1.54, 1.807) is 18.2 Å². The number of aryl methyl sites for hydroxylation is 1. The molecule has 0 saturated heterocycles. The first-order valence-corrected chi connectivity index (χ1v) is 9.47. The van der Waals surface area contributed by atoms with E-state index in [2.05, 4.69) is 29.4 Å². The number of anilines is 1. The van der Waals surface area contributed by atoms with Gasteiger partial charge in [0.15, 0.2) is 5.13 Å². The smallest absolute Gasteiger partial charge is 0.250 e. The number of carbonyl (C=O) groups excluding carboxylic acids is 1. The van der Waals surface area contributed by atoms with Gasteiger partial charge in [-0.25, -0.2) is 4.98 Å². The van der Waals surface area contributed by atoms with Crippen LogP contribution in [-0.2, 0) is 11.2 Å². The summed E-state index contributed by atoms with van der Waals surface area (Å²) < 4.78 is 1.10. The Labute approximate surface area is 156 Å². The van der Waals surface area contributed by atoms with Gasteiger partial charge < -0.3 is 0 Å². The van der Waals surface area contributed by atoms with Crippen molar-refractivity contribution in [3.63, 3.8) is 0 Å². The number of nitrogens with one attached hydrogen (secondary N) is 1. The van der Waals surface area contributed by atoms with Crippen LogP contribution in [-0.4, -0.2) is 10.9 Å². The highest BCUT2D eigenvalue weighted by molar-refractivity contribution is 7.22. The van der Waals surface area contributed by atoms with Crippen LogP contribution in [0.15, 0.2) is 48.5 Å². The molecule has 0 bridgehead atoms. The number of fused-ring (bicyclic) bond motifs is 1. The third-order valence-electron chi connectivity index (χ3n) is 3.80. The molecule has 0 aliphatic carbocycles. The van der Waals surface area contributed by atoms with E-state index < -0.39 is 0 Å². The maximum atomic E-state index is 12.1. The Bertz CT molecular complexity index is 900. The lowest BCUT2D eigenvalue weighted by atomic mass is 10.1. The quantitative estimate of drug-likeness (QED) is 0.545. The number of benzene rings is 2. The van der Waals surface area contributed by atoms with E-state index in [4.69, 9.17) is 11.6 Å². The van der Waals surface area contributed by atoms with Crippen molar-refractivity contribution in [1.82, 2.24) is 4.98 Å². The van der Waals surface area contributed by atoms with Crippen LogP contribution in [0.3, 0.4) is 0 Å². The normalized spacial score (nSPS) is 11.3. The summed E-state index contributed by atoms with van der Waals surface area (Å²) in [6.07, 6.45) is 6.70. The van der Waals surface area contributed by atoms with Gasteiger partial charge in [-0.2, -0.15) is 0 Å². The zero-order valence-corrected chi connectivity index (χ0v) is 15.5. The SMILES string of the molecule is CCCCc1ccc2nc(NC(=O)/C=C/c3ccc(Cl)cc3)sc2c1. The summed E-state index contributed by atoms with van der Waals surface area (Å²) >= 11 is 7.35. The van der Waals surface area contributed by atoms with Crippen LogP contribution < -0.4 is 5.32 Å². The number of nitrogens with zero attached hydrogens (tertiary/aromatic N) is 1. The molecule has 0 fully saturated rings. The second-order valence-corrected chi connectivity index (χ2v) is 7.27. The lowest BCUT2D eigenvalue weighted by Crippen LogP contribution is -2.07. The number of aromatic nitrogens is 1. The van der Waals surface area contributed by atoms with Crippen molar-refractivity contribution in [3.8, 4) is 0 Å². The Kier molecular flexibility index (Phi) is 5.84. The van der Waals surface area contributed by atoms with Gasteiger partial charge >= 0.3 is 0 Å². The van der Waals surface area contributed by atoms with E-state index in [9.17, 15) is 4.79 Å². The highest BCUT2D eigenvalue weighted by atomic mass is 35.5. The predicted octanol–water partition coefficient (Wildman–Crippen LogP) is 5.94. The van der Waals surface area contributed by atoms with E-state index >= 15 is 0 Å². The highest BCUT2D eigenvalue weighted by Crippen LogP contribution is 2.27. The van der Waals surface area contributed by atoms with Gasteiger partial charge in [-0.15, -0.1) is 0 Å². The number of amides is 1. The molecule has 0 aliphatic heterocycles. The molecule has 1 N–H and O–H groups in total. The zero-order chi connectivity index (χ0) is 17.6. The summed E-state index contributed by atoms with van der Waals surface area (Å²) in [4.78, 5) is 16.6. The number of unbranched alkanes of at least 4 members (excludes halogenated alkanes) is 1. The summed E-state index contributed by atoms with van der Waals surface area (Å²) in [5.41, 5.74) is 3.16. The molecule has 1 amide bonds. The number of hydrogen-bond donors (Lipinski definition) is 1. The molecule has 0 aliphatic rings. The number of carbonyl (C=O) groups is 1. The monoisotopic (exact) mass is 370 g/mol. The molecule has 3 nitrogen and oxygen atoms in total. The van der Waals surface area contributed by atoms with E-state index in [0.717, 1.165) is 22.2 Å². The number of halogens is 1. The van der Waals surface area contributed by atoms with Crippen molar-refractivity contribution in [3.05, 3.63) is 64.7 Å². The lowest BCUT2D eigenvalue weighted by molar-refractivity contribution is -0.111. The predicted molar refractivity (Wildman–Crippen MR) is 107 cm³/mol. The van der Waals surface area contributed by atoms with Crippen LogP contribution in [0.4, 0.5) is 5.13 Å². The second-order valence-electron chi connectivity index (χ2n) is 5.80. The Balaban J connectivity index is 1.67. The Morgan fingerprint density at radius 2 is 2.04 bits per heavy atom. The molecule has 5 heteroatoms. The molecule has 25 heavy (non-hydrogen) atoms. The molecule has 128 valence electrons. The van der Waals surface area contributed by atoms with Gasteiger partial charge in [-0.05, 0) is 54.3 Å². The topological polar surface area (TPSA) is 42.0 Å². The summed E-state index contributed by atoms with van der Waals surface area (Å²) in [5, 5.41) is 4.13. The standard InChI is InChI=1S/C20H19ClN2OS/c1-2-3-4-15-7-11-17-18(13-15)25-20(22-17)23-19(24)12-8-14-5-9-16(21)10-6-14/h5-13H,2-4H2,1H3,(H,22,23,24)/b12-8+. The fourth-order valence-corrected chi connectivity index (χ4v) is 3.51. The Hall–Kier alpha value is -2.17. The third kappa shape index (κ3) is 4.91. The van der Waals surface area contributed by atoms with Crippen molar-refractivity contribution in [2.24, 2.45) is 0 Å². The van der Waals surface area contributed by atoms with Crippen molar-refractivity contribution in [2.45, 2.75) is 26.2 Å². The molecule has 3 aromatic rings. The van der Waals surface area contributed by atoms with Gasteiger partial charge in [0.1, 0.15) is 0 Å². The number of rotatable bonds is 6. The highest BCUT2D eigenvalue weighted by Gasteiger charge is 2.07. The van der Waals surface area contributed by atoms with Gasteiger partial charge in [0.05, 0.1) is 10.2 Å². The first kappa shape index (κ1) is 17.6. The van der Waals surface area contributed by atoms with Gasteiger partial charge in [0.25, 0.3) is 0 Å². The van der Waals surface area contributed by atoms with Crippen molar-refractivity contribution in [2.75, 3.05) is 5.32 Å². The summed E-state index contributed by atoms with van der Waals surface area (Å²) in [6, 6.07) is 13.6. The fourth-order valence-electron chi connectivity index (χ4n) is 2.45. The molecule has 2 aromatic carbocycles. The van der Waals surface area contributed by atoms with E-state index in [-0.39, 0.29) is 5.91 Å². The maximum absolute atomic E-state index is 12.1. The molecule has 1 aromatic heterocycles. The summed E-state index contributed by atoms with van der Waals surface area (Å²) in [5.74, 6) is -0.194. The molecular formula is C20H19ClN2OS. The van der Waals surface area contributed by atoms with Gasteiger partial charge in [-0.1, -0.05) is 54.5 Å². The number of thiazole rings is 1. The Morgan fingerprint density at radius 1 is 1.24 bits per heavy atom. The molecule has 0 radical (unpaired) electrons. The largest absolute Gasteiger partial charge is 0.298 e. The lowest BCUT2D eigenvalue weighted by Gasteiger charge is -1.98. The van der Waals surface area contributed by atoms with E-state index in [0.29, 0.717) is 10.2 Å². The molecule has 0 unspecified atom stereocenters. The summed E-state index contributed by atoms with van der Waals surface area (Å²) in [6.45, 7) is 2.19. The molecule has 0 saturated carbocycles. The molecule has 3 rings (SSSR count). The van der Waals surface area contributed by atoms with Crippen LogP contribution in [0, 0.1) is 0 Å². The van der Waals surface area contributed by atoms with Crippen molar-refractivity contribution in [1.29, 1.82) is 0 Å². The van der Waals surface area contributed by atoms with Crippen molar-refractivity contribution < 1.29 is 4.79 Å². The molecule has 0 spiro atoms. The average Bonchev–Trinajstić information content (AvgIpc) is 3.00. The van der Waals surface area contributed by atoms with Crippen molar-refractivity contribution >= 4 is 50.3 Å². The summed E-state index contributed by atoms with van der Waals surface area (Å²) in [7, 11) is 0. The minimum absolute atomic E-state index is 0.194. The zero-order valence-electron chi connectivity index (χ0n) is 14.0. The minimum Gasteiger partial charge on any atom is -0.298 e. The van der Waals surface area contributed by atoms with Crippen LogP contribution in [0.2, 0.25) is 5.02 Å². The molecule has 0 atom stereocenters.